The van der Waals surface area contributed by atoms with Crippen LogP contribution in [0.5, 0.6) is 0 Å². The lowest BCUT2D eigenvalue weighted by Gasteiger charge is -2.17. The highest BCUT2D eigenvalue weighted by molar-refractivity contribution is 8.27. The first kappa shape index (κ1) is 20.5. The molecule has 0 aliphatic carbocycles. The van der Waals surface area contributed by atoms with Crippen molar-refractivity contribution in [2.45, 2.75) is 0 Å². The van der Waals surface area contributed by atoms with E-state index in [1.54, 1.807) is 48.5 Å². The van der Waals surface area contributed by atoms with E-state index in [2.05, 4.69) is 0 Å². The van der Waals surface area contributed by atoms with E-state index >= 15 is 0 Å². The fraction of sp³-hybridized carbons (Fsp3) is 0. The van der Waals surface area contributed by atoms with E-state index in [1.807, 2.05) is 0 Å². The molecule has 1 aliphatic rings. The number of hydrogen-bond acceptors (Lipinski definition) is 7. The van der Waals surface area contributed by atoms with Crippen molar-refractivity contribution >= 4 is 57.6 Å². The zero-order valence-electron chi connectivity index (χ0n) is 15.7. The van der Waals surface area contributed by atoms with Crippen LogP contribution in [0, 0.1) is 10.1 Å². The molecule has 2 N–H and O–H groups in total. The second-order valence-corrected chi connectivity index (χ2v) is 8.08. The van der Waals surface area contributed by atoms with Gasteiger partial charge in [-0.25, -0.2) is 0 Å². The normalized spacial score (nSPS) is 15.0. The first-order chi connectivity index (χ1) is 14.8. The van der Waals surface area contributed by atoms with Gasteiger partial charge in [-0.2, -0.15) is 0 Å². The summed E-state index contributed by atoms with van der Waals surface area (Å²) in [6.07, 6.45) is 1.56. The van der Waals surface area contributed by atoms with E-state index < -0.39 is 16.7 Å². The predicted octanol–water partition coefficient (Wildman–Crippen LogP) is 4.36. The summed E-state index contributed by atoms with van der Waals surface area (Å²) in [5.41, 5.74) is 6.58. The van der Waals surface area contributed by atoms with Gasteiger partial charge in [-0.1, -0.05) is 36.1 Å². The quantitative estimate of drug-likeness (QED) is 0.265. The molecule has 2 amide bonds. The molecule has 1 fully saturated rings. The standard InChI is InChI=1S/C21H13N3O5S2/c22-19(25)15-3-1-2-4-16(15)23-20(26)18(31-21(23)30)11-14-9-10-17(29-14)12-5-7-13(8-6-12)24(27)28/h1-11H,(H2,22,25)/b18-11+. The van der Waals surface area contributed by atoms with Gasteiger partial charge >= 0.3 is 0 Å². The van der Waals surface area contributed by atoms with Crippen molar-refractivity contribution in [3.63, 3.8) is 0 Å². The Morgan fingerprint density at radius 1 is 1.13 bits per heavy atom. The minimum Gasteiger partial charge on any atom is -0.457 e. The number of nitrogens with two attached hydrogens (primary N) is 1. The summed E-state index contributed by atoms with van der Waals surface area (Å²) in [5.74, 6) is -0.142. The average molecular weight is 451 g/mol. The average Bonchev–Trinajstić information content (AvgIpc) is 3.32. The number of anilines is 1. The van der Waals surface area contributed by atoms with Gasteiger partial charge in [0.05, 0.1) is 21.1 Å². The van der Waals surface area contributed by atoms with Gasteiger partial charge in [0.25, 0.3) is 17.5 Å². The maximum atomic E-state index is 13.0. The Kier molecular flexibility index (Phi) is 5.40. The van der Waals surface area contributed by atoms with Crippen molar-refractivity contribution < 1.29 is 18.9 Å². The summed E-state index contributed by atoms with van der Waals surface area (Å²) >= 11 is 6.43. The molecule has 2 aromatic carbocycles. The van der Waals surface area contributed by atoms with Crippen LogP contribution in [0.15, 0.2) is 70.0 Å². The van der Waals surface area contributed by atoms with E-state index in [0.29, 0.717) is 27.7 Å². The number of nitrogens with zero attached hydrogens (tertiary/aromatic N) is 2. The number of carbonyl (C=O) groups excluding carboxylic acids is 2. The second kappa shape index (κ2) is 8.17. The molecule has 1 saturated heterocycles. The van der Waals surface area contributed by atoms with Gasteiger partial charge in [0.2, 0.25) is 0 Å². The Labute approximate surface area is 185 Å². The van der Waals surface area contributed by atoms with Crippen LogP contribution in [0.4, 0.5) is 11.4 Å². The molecule has 0 spiro atoms. The zero-order chi connectivity index (χ0) is 22.1. The molecule has 2 heterocycles. The van der Waals surface area contributed by atoms with E-state index in [0.717, 1.165) is 11.8 Å². The van der Waals surface area contributed by atoms with Gasteiger partial charge in [-0.15, -0.1) is 0 Å². The summed E-state index contributed by atoms with van der Waals surface area (Å²) in [5, 5.41) is 10.8. The lowest BCUT2D eigenvalue weighted by atomic mass is 10.1. The number of benzene rings is 2. The molecular formula is C21H13N3O5S2. The number of amides is 2. The number of nitro benzene ring substituents is 1. The Morgan fingerprint density at radius 3 is 2.52 bits per heavy atom. The fourth-order valence-corrected chi connectivity index (χ4v) is 4.28. The molecule has 4 rings (SSSR count). The molecule has 0 atom stereocenters. The third-order valence-corrected chi connectivity index (χ3v) is 5.77. The first-order valence-corrected chi connectivity index (χ1v) is 10.1. The van der Waals surface area contributed by atoms with Gasteiger partial charge in [-0.3, -0.25) is 24.6 Å². The number of non-ortho nitro benzene ring substituents is 1. The lowest BCUT2D eigenvalue weighted by Crippen LogP contribution is -2.30. The predicted molar refractivity (Wildman–Crippen MR) is 121 cm³/mol. The van der Waals surface area contributed by atoms with Crippen molar-refractivity contribution in [2.24, 2.45) is 5.73 Å². The van der Waals surface area contributed by atoms with E-state index in [9.17, 15) is 19.7 Å². The number of furan rings is 1. The Hall–Kier alpha value is -3.76. The highest BCUT2D eigenvalue weighted by Gasteiger charge is 2.35. The molecule has 0 saturated carbocycles. The van der Waals surface area contributed by atoms with Crippen LogP contribution in [0.1, 0.15) is 16.1 Å². The van der Waals surface area contributed by atoms with Crippen LogP contribution in [0.25, 0.3) is 17.4 Å². The SMILES string of the molecule is NC(=O)c1ccccc1N1C(=O)/C(=C\c2ccc(-c3ccc([N+](=O)[O-])cc3)o2)SC1=S. The molecule has 0 unspecified atom stereocenters. The minimum atomic E-state index is -0.660. The summed E-state index contributed by atoms with van der Waals surface area (Å²) in [4.78, 5) is 36.6. The molecule has 0 radical (unpaired) electrons. The van der Waals surface area contributed by atoms with Gasteiger partial charge in [-0.05, 0) is 36.4 Å². The van der Waals surface area contributed by atoms with E-state index in [4.69, 9.17) is 22.4 Å². The smallest absolute Gasteiger partial charge is 0.270 e. The Balaban J connectivity index is 1.61. The Morgan fingerprint density at radius 2 is 1.84 bits per heavy atom. The molecule has 3 aromatic rings. The van der Waals surface area contributed by atoms with Gasteiger partial charge in [0.15, 0.2) is 4.32 Å². The molecule has 1 aromatic heterocycles. The highest BCUT2D eigenvalue weighted by Crippen LogP contribution is 2.38. The number of rotatable bonds is 5. The number of thiocarbonyl (C=S) groups is 1. The van der Waals surface area contributed by atoms with Crippen molar-refractivity contribution in [3.05, 3.63) is 87.0 Å². The summed E-state index contributed by atoms with van der Waals surface area (Å²) in [6.45, 7) is 0. The third-order valence-electron chi connectivity index (χ3n) is 4.47. The topological polar surface area (TPSA) is 120 Å². The molecule has 0 bridgehead atoms. The number of nitro groups is 1. The van der Waals surface area contributed by atoms with Crippen LogP contribution < -0.4 is 10.6 Å². The molecule has 10 heteroatoms. The summed E-state index contributed by atoms with van der Waals surface area (Å²) in [6, 6.07) is 15.8. The fourth-order valence-electron chi connectivity index (χ4n) is 3.01. The van der Waals surface area contributed by atoms with Crippen LogP contribution in [0.2, 0.25) is 0 Å². The van der Waals surface area contributed by atoms with Gasteiger partial charge < -0.3 is 10.2 Å². The van der Waals surface area contributed by atoms with Gasteiger partial charge in [0, 0.05) is 23.8 Å². The van der Waals surface area contributed by atoms with Crippen LogP contribution in [-0.2, 0) is 4.79 Å². The Bertz CT molecular complexity index is 1260. The number of hydrogen-bond donors (Lipinski definition) is 1. The number of thioether (sulfide) groups is 1. The molecular weight excluding hydrogens is 438 g/mol. The second-order valence-electron chi connectivity index (χ2n) is 6.40. The molecule has 8 nitrogen and oxygen atoms in total. The van der Waals surface area contributed by atoms with Crippen LogP contribution >= 0.6 is 24.0 Å². The van der Waals surface area contributed by atoms with Crippen molar-refractivity contribution in [3.8, 4) is 11.3 Å². The molecule has 31 heavy (non-hydrogen) atoms. The first-order valence-electron chi connectivity index (χ1n) is 8.86. The summed E-state index contributed by atoms with van der Waals surface area (Å²) in [7, 11) is 0. The van der Waals surface area contributed by atoms with E-state index in [-0.39, 0.29) is 15.6 Å². The monoisotopic (exact) mass is 451 g/mol. The maximum absolute atomic E-state index is 13.0. The minimum absolute atomic E-state index is 0.0181. The largest absolute Gasteiger partial charge is 0.457 e. The lowest BCUT2D eigenvalue weighted by molar-refractivity contribution is -0.384. The van der Waals surface area contributed by atoms with Crippen LogP contribution in [-0.4, -0.2) is 21.1 Å². The number of carbonyl (C=O) groups is 2. The van der Waals surface area contributed by atoms with Crippen molar-refractivity contribution in [1.82, 2.24) is 0 Å². The van der Waals surface area contributed by atoms with Gasteiger partial charge in [0.1, 0.15) is 11.5 Å². The maximum Gasteiger partial charge on any atom is 0.270 e. The summed E-state index contributed by atoms with van der Waals surface area (Å²) < 4.78 is 6.04. The van der Waals surface area contributed by atoms with Crippen LogP contribution in [0.3, 0.4) is 0 Å². The molecule has 1 aliphatic heterocycles. The highest BCUT2D eigenvalue weighted by atomic mass is 32.2. The van der Waals surface area contributed by atoms with Crippen molar-refractivity contribution in [1.29, 1.82) is 0 Å². The third kappa shape index (κ3) is 3.98. The van der Waals surface area contributed by atoms with Crippen molar-refractivity contribution in [2.75, 3.05) is 4.90 Å². The zero-order valence-corrected chi connectivity index (χ0v) is 17.3. The number of para-hydroxylation sites is 1. The number of primary amides is 1. The van der Waals surface area contributed by atoms with E-state index in [1.165, 1.54) is 23.1 Å². The molecule has 154 valence electrons.